The molecule has 9 heteroatoms. The number of amides is 2. The second-order valence-corrected chi connectivity index (χ2v) is 12.1. The van der Waals surface area contributed by atoms with Gasteiger partial charge in [-0.25, -0.2) is 8.42 Å². The summed E-state index contributed by atoms with van der Waals surface area (Å²) in [5, 5.41) is 3.34. The predicted molar refractivity (Wildman–Crippen MR) is 156 cm³/mol. The molecule has 0 saturated heterocycles. The average Bonchev–Trinajstić information content (AvgIpc) is 2.90. The van der Waals surface area contributed by atoms with Gasteiger partial charge in [-0.3, -0.25) is 13.9 Å². The van der Waals surface area contributed by atoms with Crippen molar-refractivity contribution < 1.29 is 18.0 Å². The van der Waals surface area contributed by atoms with Crippen molar-refractivity contribution >= 4 is 39.1 Å². The smallest absolute Gasteiger partial charge is 0.264 e. The lowest BCUT2D eigenvalue weighted by Gasteiger charge is -2.33. The third kappa shape index (κ3) is 7.61. The van der Waals surface area contributed by atoms with Crippen LogP contribution in [0.15, 0.2) is 77.7 Å². The Morgan fingerprint density at radius 3 is 2.23 bits per heavy atom. The highest BCUT2D eigenvalue weighted by atomic mass is 35.5. The predicted octanol–water partition coefficient (Wildman–Crippen LogP) is 5.48. The summed E-state index contributed by atoms with van der Waals surface area (Å²) >= 11 is 6.00. The van der Waals surface area contributed by atoms with Crippen molar-refractivity contribution in [3.05, 3.63) is 94.5 Å². The third-order valence-corrected chi connectivity index (χ3v) is 8.69. The van der Waals surface area contributed by atoms with Crippen LogP contribution >= 0.6 is 11.6 Å². The van der Waals surface area contributed by atoms with Crippen molar-refractivity contribution in [3.63, 3.8) is 0 Å². The zero-order valence-electron chi connectivity index (χ0n) is 23.0. The van der Waals surface area contributed by atoms with Gasteiger partial charge in [0.05, 0.1) is 10.6 Å². The molecule has 0 aliphatic heterocycles. The maximum atomic E-state index is 14.0. The van der Waals surface area contributed by atoms with Crippen molar-refractivity contribution in [2.75, 3.05) is 10.8 Å². The lowest BCUT2D eigenvalue weighted by Crippen LogP contribution is -2.52. The number of nitrogens with zero attached hydrogens (tertiary/aromatic N) is 2. The van der Waals surface area contributed by atoms with Crippen LogP contribution in [0, 0.1) is 13.8 Å². The Hall–Kier alpha value is -3.36. The molecule has 3 rings (SSSR count). The molecule has 0 spiro atoms. The summed E-state index contributed by atoms with van der Waals surface area (Å²) in [6.07, 6.45) is 0.741. The van der Waals surface area contributed by atoms with Gasteiger partial charge in [0.2, 0.25) is 11.8 Å². The number of nitrogens with one attached hydrogen (secondary N) is 1. The molecule has 0 aliphatic rings. The normalized spacial score (nSPS) is 12.9. The van der Waals surface area contributed by atoms with Crippen LogP contribution in [0.3, 0.4) is 0 Å². The van der Waals surface area contributed by atoms with Crippen LogP contribution in [0.25, 0.3) is 0 Å². The van der Waals surface area contributed by atoms with E-state index < -0.39 is 28.5 Å². The van der Waals surface area contributed by atoms with Crippen LogP contribution in [-0.2, 0) is 26.2 Å². The van der Waals surface area contributed by atoms with E-state index in [0.717, 1.165) is 21.9 Å². The quantitative estimate of drug-likeness (QED) is 0.331. The Labute approximate surface area is 236 Å². The van der Waals surface area contributed by atoms with Crippen LogP contribution in [0.4, 0.5) is 5.69 Å². The zero-order valence-corrected chi connectivity index (χ0v) is 24.6. The molecule has 208 valence electrons. The number of sulfonamides is 1. The topological polar surface area (TPSA) is 86.8 Å². The fourth-order valence-electron chi connectivity index (χ4n) is 4.15. The standard InChI is InChI=1S/C30H36ClN3O4S/c1-6-23(4)32-30(36)24(5)33(19-25-12-9-10-21(2)18-25)29(35)20-34(28-13-8-7-11-22(28)3)39(37,38)27-16-14-26(31)15-17-27/h7-18,23-24H,6,19-20H2,1-5H3,(H,32,36). The zero-order chi connectivity index (χ0) is 28.7. The highest BCUT2D eigenvalue weighted by Gasteiger charge is 2.33. The summed E-state index contributed by atoms with van der Waals surface area (Å²) in [5.74, 6) is -0.794. The number of carbonyl (C=O) groups is 2. The van der Waals surface area contributed by atoms with Gasteiger partial charge in [-0.05, 0) is 75.6 Å². The fourth-order valence-corrected chi connectivity index (χ4v) is 5.75. The average molecular weight is 570 g/mol. The second kappa shape index (κ2) is 13.1. The van der Waals surface area contributed by atoms with Crippen molar-refractivity contribution in [2.24, 2.45) is 0 Å². The number of hydrogen-bond acceptors (Lipinski definition) is 4. The molecule has 2 amide bonds. The number of para-hydroxylation sites is 1. The van der Waals surface area contributed by atoms with E-state index in [1.807, 2.05) is 45.0 Å². The first kappa shape index (κ1) is 30.2. The molecule has 0 aromatic heterocycles. The molecule has 2 atom stereocenters. The van der Waals surface area contributed by atoms with Crippen LogP contribution in [0.5, 0.6) is 0 Å². The lowest BCUT2D eigenvalue weighted by atomic mass is 10.1. The van der Waals surface area contributed by atoms with Gasteiger partial charge < -0.3 is 10.2 Å². The first-order valence-corrected chi connectivity index (χ1v) is 14.7. The van der Waals surface area contributed by atoms with Crippen LogP contribution in [0.2, 0.25) is 5.02 Å². The van der Waals surface area contributed by atoms with E-state index >= 15 is 0 Å². The van der Waals surface area contributed by atoms with E-state index in [1.54, 1.807) is 38.1 Å². The van der Waals surface area contributed by atoms with Gasteiger partial charge in [0, 0.05) is 17.6 Å². The van der Waals surface area contributed by atoms with Crippen molar-refractivity contribution in [1.82, 2.24) is 10.2 Å². The SMILES string of the molecule is CCC(C)NC(=O)C(C)N(Cc1cccc(C)c1)C(=O)CN(c1ccccc1C)S(=O)(=O)c1ccc(Cl)cc1. The minimum atomic E-state index is -4.14. The number of aryl methyl sites for hydroxylation is 2. The van der Waals surface area contributed by atoms with E-state index in [9.17, 15) is 18.0 Å². The Bertz CT molecular complexity index is 1410. The molecule has 7 nitrogen and oxygen atoms in total. The Morgan fingerprint density at radius 2 is 1.62 bits per heavy atom. The number of carbonyl (C=O) groups excluding carboxylic acids is 2. The van der Waals surface area contributed by atoms with Crippen molar-refractivity contribution in [3.8, 4) is 0 Å². The van der Waals surface area contributed by atoms with E-state index in [4.69, 9.17) is 11.6 Å². The number of rotatable bonds is 11. The van der Waals surface area contributed by atoms with Crippen LogP contribution in [-0.4, -0.2) is 43.8 Å². The van der Waals surface area contributed by atoms with Crippen LogP contribution < -0.4 is 9.62 Å². The maximum Gasteiger partial charge on any atom is 0.264 e. The van der Waals surface area contributed by atoms with E-state index in [-0.39, 0.29) is 23.4 Å². The molecule has 1 N–H and O–H groups in total. The molecule has 0 radical (unpaired) electrons. The van der Waals surface area contributed by atoms with Gasteiger partial charge >= 0.3 is 0 Å². The van der Waals surface area contributed by atoms with Gasteiger partial charge in [-0.15, -0.1) is 0 Å². The first-order valence-electron chi connectivity index (χ1n) is 12.9. The Morgan fingerprint density at radius 1 is 0.949 bits per heavy atom. The molecule has 0 aliphatic carbocycles. The van der Waals surface area contributed by atoms with Gasteiger partial charge in [0.1, 0.15) is 12.6 Å². The highest BCUT2D eigenvalue weighted by Crippen LogP contribution is 2.28. The number of anilines is 1. The molecule has 0 fully saturated rings. The number of halogens is 1. The maximum absolute atomic E-state index is 14.0. The molecular formula is C30H36ClN3O4S. The fraction of sp³-hybridized carbons (Fsp3) is 0.333. The first-order chi connectivity index (χ1) is 18.4. The Kier molecular flexibility index (Phi) is 10.2. The van der Waals surface area contributed by atoms with Gasteiger partial charge in [0.15, 0.2) is 0 Å². The molecule has 0 heterocycles. The van der Waals surface area contributed by atoms with Gasteiger partial charge in [-0.1, -0.05) is 66.6 Å². The van der Waals surface area contributed by atoms with E-state index in [2.05, 4.69) is 5.32 Å². The van der Waals surface area contributed by atoms with Gasteiger partial charge in [0.25, 0.3) is 10.0 Å². The molecule has 3 aromatic rings. The van der Waals surface area contributed by atoms with Crippen LogP contribution in [0.1, 0.15) is 43.9 Å². The molecule has 0 saturated carbocycles. The summed E-state index contributed by atoms with van der Waals surface area (Å²) in [4.78, 5) is 28.6. The van der Waals surface area contributed by atoms with Crippen molar-refractivity contribution in [1.29, 1.82) is 0 Å². The lowest BCUT2D eigenvalue weighted by molar-refractivity contribution is -0.139. The number of hydrogen-bond donors (Lipinski definition) is 1. The summed E-state index contributed by atoms with van der Waals surface area (Å²) in [5.41, 5.74) is 2.93. The monoisotopic (exact) mass is 569 g/mol. The summed E-state index contributed by atoms with van der Waals surface area (Å²) < 4.78 is 28.9. The van der Waals surface area contributed by atoms with E-state index in [0.29, 0.717) is 16.3 Å². The molecule has 3 aromatic carbocycles. The third-order valence-electron chi connectivity index (χ3n) is 6.67. The Balaban J connectivity index is 2.04. The molecule has 39 heavy (non-hydrogen) atoms. The molecule has 0 bridgehead atoms. The number of benzene rings is 3. The second-order valence-electron chi connectivity index (χ2n) is 9.76. The van der Waals surface area contributed by atoms with E-state index in [1.165, 1.54) is 29.2 Å². The highest BCUT2D eigenvalue weighted by molar-refractivity contribution is 7.92. The largest absolute Gasteiger partial charge is 0.352 e. The van der Waals surface area contributed by atoms with Crippen molar-refractivity contribution in [2.45, 2.75) is 64.6 Å². The summed E-state index contributed by atoms with van der Waals surface area (Å²) in [7, 11) is -4.14. The minimum absolute atomic E-state index is 0.00995. The minimum Gasteiger partial charge on any atom is -0.352 e. The summed E-state index contributed by atoms with van der Waals surface area (Å²) in [6.45, 7) is 8.94. The molecular weight excluding hydrogens is 534 g/mol. The van der Waals surface area contributed by atoms with Gasteiger partial charge in [-0.2, -0.15) is 0 Å². The molecule has 2 unspecified atom stereocenters. The summed E-state index contributed by atoms with van der Waals surface area (Å²) in [6, 6.07) is 19.6.